The van der Waals surface area contributed by atoms with E-state index in [4.69, 9.17) is 11.5 Å². The zero-order chi connectivity index (χ0) is 5.49. The molecule has 0 radical (unpaired) electrons. The highest BCUT2D eigenvalue weighted by Crippen LogP contribution is 2.30. The minimum Gasteiger partial charge on any atom is -0.313 e. The summed E-state index contributed by atoms with van der Waals surface area (Å²) >= 11 is 0. The SMILES string of the molecule is CC1CCC1(N)N. The normalized spacial score (nSPS) is 37.3. The van der Waals surface area contributed by atoms with E-state index in [1.165, 1.54) is 6.42 Å². The van der Waals surface area contributed by atoms with Crippen molar-refractivity contribution in [2.24, 2.45) is 17.4 Å². The molecule has 0 aromatic heterocycles. The molecule has 0 aliphatic heterocycles. The summed E-state index contributed by atoms with van der Waals surface area (Å²) in [7, 11) is 0. The Morgan fingerprint density at radius 2 is 2.00 bits per heavy atom. The first-order valence-corrected chi connectivity index (χ1v) is 2.71. The first kappa shape index (κ1) is 5.06. The van der Waals surface area contributed by atoms with Crippen LogP contribution in [-0.2, 0) is 0 Å². The van der Waals surface area contributed by atoms with Crippen molar-refractivity contribution < 1.29 is 0 Å². The zero-order valence-electron chi connectivity index (χ0n) is 4.65. The van der Waals surface area contributed by atoms with Crippen LogP contribution in [-0.4, -0.2) is 5.66 Å². The lowest BCUT2D eigenvalue weighted by molar-refractivity contribution is 0.152. The summed E-state index contributed by atoms with van der Waals surface area (Å²) in [5.74, 6) is 0.535. The highest BCUT2D eigenvalue weighted by atomic mass is 15.0. The van der Waals surface area contributed by atoms with E-state index in [1.807, 2.05) is 0 Å². The van der Waals surface area contributed by atoms with Gasteiger partial charge in [-0.2, -0.15) is 0 Å². The number of hydrogen-bond acceptors (Lipinski definition) is 2. The van der Waals surface area contributed by atoms with Crippen molar-refractivity contribution in [2.75, 3.05) is 0 Å². The molecule has 0 spiro atoms. The van der Waals surface area contributed by atoms with Gasteiger partial charge < -0.3 is 11.5 Å². The van der Waals surface area contributed by atoms with Crippen LogP contribution < -0.4 is 11.5 Å². The molecule has 7 heavy (non-hydrogen) atoms. The third-order valence-electron chi connectivity index (χ3n) is 1.93. The first-order chi connectivity index (χ1) is 3.13. The van der Waals surface area contributed by atoms with Crippen molar-refractivity contribution in [1.29, 1.82) is 0 Å². The Bertz CT molecular complexity index is 78.1. The molecule has 0 saturated heterocycles. The Kier molecular flexibility index (Phi) is 0.869. The van der Waals surface area contributed by atoms with Gasteiger partial charge in [0.15, 0.2) is 0 Å². The van der Waals surface area contributed by atoms with Gasteiger partial charge in [-0.3, -0.25) is 0 Å². The van der Waals surface area contributed by atoms with E-state index in [1.54, 1.807) is 0 Å². The van der Waals surface area contributed by atoms with Crippen LogP contribution in [0.1, 0.15) is 19.8 Å². The van der Waals surface area contributed by atoms with Crippen LogP contribution in [0.3, 0.4) is 0 Å². The molecule has 1 unspecified atom stereocenters. The zero-order valence-corrected chi connectivity index (χ0v) is 4.65. The van der Waals surface area contributed by atoms with Crippen LogP contribution in [0, 0.1) is 5.92 Å². The predicted molar refractivity (Wildman–Crippen MR) is 29.5 cm³/mol. The molecule has 2 nitrogen and oxygen atoms in total. The molecule has 1 aliphatic rings. The van der Waals surface area contributed by atoms with Crippen LogP contribution in [0.2, 0.25) is 0 Å². The summed E-state index contributed by atoms with van der Waals surface area (Å²) in [6.07, 6.45) is 2.20. The smallest absolute Gasteiger partial charge is 0.0663 e. The molecule has 1 atom stereocenters. The third-order valence-corrected chi connectivity index (χ3v) is 1.93. The summed E-state index contributed by atoms with van der Waals surface area (Å²) in [6.45, 7) is 2.09. The van der Waals surface area contributed by atoms with Gasteiger partial charge in [-0.25, -0.2) is 0 Å². The molecule has 1 aliphatic carbocycles. The van der Waals surface area contributed by atoms with E-state index in [0.717, 1.165) is 6.42 Å². The molecule has 0 aromatic rings. The van der Waals surface area contributed by atoms with Gasteiger partial charge >= 0.3 is 0 Å². The van der Waals surface area contributed by atoms with Gasteiger partial charge in [-0.15, -0.1) is 0 Å². The molecule has 1 fully saturated rings. The summed E-state index contributed by atoms with van der Waals surface area (Å²) in [4.78, 5) is 0. The van der Waals surface area contributed by atoms with Gasteiger partial charge in [0.25, 0.3) is 0 Å². The summed E-state index contributed by atoms with van der Waals surface area (Å²) in [5, 5.41) is 0. The van der Waals surface area contributed by atoms with Crippen molar-refractivity contribution in [2.45, 2.75) is 25.4 Å². The third kappa shape index (κ3) is 0.640. The fourth-order valence-corrected chi connectivity index (χ4v) is 0.766. The van der Waals surface area contributed by atoms with Crippen LogP contribution in [0.4, 0.5) is 0 Å². The molecule has 0 heterocycles. The monoisotopic (exact) mass is 100 g/mol. The highest BCUT2D eigenvalue weighted by Gasteiger charge is 2.35. The number of hydrogen-bond donors (Lipinski definition) is 2. The Balaban J connectivity index is 2.43. The summed E-state index contributed by atoms with van der Waals surface area (Å²) in [5.41, 5.74) is 10.8. The minimum absolute atomic E-state index is 0.319. The van der Waals surface area contributed by atoms with E-state index in [9.17, 15) is 0 Å². The molecule has 1 saturated carbocycles. The molecule has 0 amide bonds. The average molecular weight is 100 g/mol. The van der Waals surface area contributed by atoms with E-state index in [2.05, 4.69) is 6.92 Å². The standard InChI is InChI=1S/C5H12N2/c1-4-2-3-5(4,6)7/h4H,2-3,6-7H2,1H3. The van der Waals surface area contributed by atoms with Gasteiger partial charge in [0.05, 0.1) is 5.66 Å². The predicted octanol–water partition coefficient (Wildman–Crippen LogP) is 0.0300. The quantitative estimate of drug-likeness (QED) is 0.422. The molecule has 0 bridgehead atoms. The van der Waals surface area contributed by atoms with Crippen LogP contribution in [0.5, 0.6) is 0 Å². The Hall–Kier alpha value is -0.0800. The lowest BCUT2D eigenvalue weighted by atomic mass is 9.76. The van der Waals surface area contributed by atoms with E-state index in [0.29, 0.717) is 5.92 Å². The first-order valence-electron chi connectivity index (χ1n) is 2.71. The van der Waals surface area contributed by atoms with E-state index < -0.39 is 0 Å². The van der Waals surface area contributed by atoms with Crippen molar-refractivity contribution in [1.82, 2.24) is 0 Å². The summed E-state index contributed by atoms with van der Waals surface area (Å²) in [6, 6.07) is 0. The maximum absolute atomic E-state index is 5.54. The molecule has 2 heteroatoms. The molecular weight excluding hydrogens is 88.1 g/mol. The Morgan fingerprint density at radius 1 is 1.57 bits per heavy atom. The van der Waals surface area contributed by atoms with Crippen LogP contribution in [0.25, 0.3) is 0 Å². The average Bonchev–Trinajstić information content (AvgIpc) is 1.63. The second kappa shape index (κ2) is 1.20. The van der Waals surface area contributed by atoms with E-state index in [-0.39, 0.29) is 5.66 Å². The molecule has 42 valence electrons. The Labute approximate surface area is 43.9 Å². The Morgan fingerprint density at radius 3 is 2.00 bits per heavy atom. The van der Waals surface area contributed by atoms with E-state index >= 15 is 0 Å². The lowest BCUT2D eigenvalue weighted by Gasteiger charge is -2.41. The van der Waals surface area contributed by atoms with Crippen LogP contribution >= 0.6 is 0 Å². The molecule has 1 rings (SSSR count). The van der Waals surface area contributed by atoms with Crippen LogP contribution in [0.15, 0.2) is 0 Å². The molecular formula is C5H12N2. The molecule has 4 N–H and O–H groups in total. The number of nitrogens with two attached hydrogens (primary N) is 2. The fourth-order valence-electron chi connectivity index (χ4n) is 0.766. The lowest BCUT2D eigenvalue weighted by Crippen LogP contribution is -2.61. The van der Waals surface area contributed by atoms with Crippen molar-refractivity contribution >= 4 is 0 Å². The van der Waals surface area contributed by atoms with Crippen molar-refractivity contribution in [3.63, 3.8) is 0 Å². The van der Waals surface area contributed by atoms with Crippen molar-refractivity contribution in [3.8, 4) is 0 Å². The minimum atomic E-state index is -0.319. The van der Waals surface area contributed by atoms with Crippen molar-refractivity contribution in [3.05, 3.63) is 0 Å². The maximum Gasteiger partial charge on any atom is 0.0663 e. The highest BCUT2D eigenvalue weighted by molar-refractivity contribution is 4.92. The second-order valence-corrected chi connectivity index (χ2v) is 2.55. The topological polar surface area (TPSA) is 52.0 Å². The largest absolute Gasteiger partial charge is 0.313 e. The second-order valence-electron chi connectivity index (χ2n) is 2.55. The molecule has 0 aromatic carbocycles. The maximum atomic E-state index is 5.54. The fraction of sp³-hybridized carbons (Fsp3) is 1.00. The van der Waals surface area contributed by atoms with Gasteiger partial charge in [0.1, 0.15) is 0 Å². The van der Waals surface area contributed by atoms with Gasteiger partial charge in [-0.05, 0) is 18.8 Å². The number of rotatable bonds is 0. The van der Waals surface area contributed by atoms with Gasteiger partial charge in [-0.1, -0.05) is 6.92 Å². The summed E-state index contributed by atoms with van der Waals surface area (Å²) < 4.78 is 0. The van der Waals surface area contributed by atoms with Gasteiger partial charge in [0.2, 0.25) is 0 Å². The van der Waals surface area contributed by atoms with Gasteiger partial charge in [0, 0.05) is 0 Å².